The fourth-order valence-corrected chi connectivity index (χ4v) is 7.11. The van der Waals surface area contributed by atoms with Crippen molar-refractivity contribution < 1.29 is 23.7 Å². The number of hydroxylamine groups is 1. The Morgan fingerprint density at radius 1 is 0.792 bits per heavy atom. The molecule has 2 spiro atoms. The maximum Gasteiger partial charge on any atom is 0.494 e. The third-order valence-electron chi connectivity index (χ3n) is 11.5. The molecule has 0 unspecified atom stereocenters. The number of nitrogens with zero attached hydrogens (tertiary/aromatic N) is 2. The van der Waals surface area contributed by atoms with Crippen LogP contribution in [0.4, 0.5) is 5.82 Å². The van der Waals surface area contributed by atoms with Gasteiger partial charge in [0.1, 0.15) is 17.3 Å². The molecule has 0 atom stereocenters. The highest BCUT2D eigenvalue weighted by atomic mass is 16.7. The lowest BCUT2D eigenvalue weighted by molar-refractivity contribution is 0.00578. The monoisotopic (exact) mass is 714 g/mol. The van der Waals surface area contributed by atoms with E-state index in [0.717, 1.165) is 88.8 Å². The molecule has 1 saturated heterocycles. The zero-order valence-corrected chi connectivity index (χ0v) is 31.3. The van der Waals surface area contributed by atoms with Crippen molar-refractivity contribution >= 4 is 30.2 Å². The number of nitrogens with two attached hydrogens (primary N) is 1. The molecule has 1 aromatic heterocycles. The lowest BCUT2D eigenvalue weighted by Crippen LogP contribution is -2.41. The molecule has 3 saturated carbocycles. The van der Waals surface area contributed by atoms with Crippen LogP contribution in [0, 0.1) is 0 Å². The van der Waals surface area contributed by atoms with Crippen LogP contribution in [0.25, 0.3) is 22.5 Å². The number of nitrogen functional groups attached to an aromatic ring is 1. The fourth-order valence-electron chi connectivity index (χ4n) is 7.11. The number of rotatable bonds is 6. The summed E-state index contributed by atoms with van der Waals surface area (Å²) in [5, 5.41) is 6.20. The molecule has 2 amide bonds. The molecule has 0 radical (unpaired) electrons. The van der Waals surface area contributed by atoms with Crippen molar-refractivity contribution in [2.75, 3.05) is 5.73 Å². The number of hydrogen-bond donors (Lipinski definition) is 4. The zero-order valence-electron chi connectivity index (χ0n) is 31.3. The Hall–Kier alpha value is -4.78. The Morgan fingerprint density at radius 2 is 1.34 bits per heavy atom. The third-order valence-corrected chi connectivity index (χ3v) is 11.5. The normalized spacial score (nSPS) is 21.1. The number of anilines is 1. The molecule has 274 valence electrons. The van der Waals surface area contributed by atoms with Crippen molar-refractivity contribution in [2.45, 2.75) is 108 Å². The summed E-state index contributed by atoms with van der Waals surface area (Å²) in [6.45, 7) is 12.2. The van der Waals surface area contributed by atoms with E-state index in [-0.39, 0.29) is 41.2 Å². The number of nitrogens with one attached hydrogen (secondary N) is 3. The van der Waals surface area contributed by atoms with Crippen LogP contribution in [0.5, 0.6) is 5.75 Å². The van der Waals surface area contributed by atoms with E-state index in [1.807, 2.05) is 96.1 Å². The number of carbonyl (C=O) groups is 2. The minimum Gasteiger partial charge on any atom is -0.408 e. The van der Waals surface area contributed by atoms with Gasteiger partial charge in [0.2, 0.25) is 0 Å². The van der Waals surface area contributed by atoms with Crippen LogP contribution in [-0.4, -0.2) is 46.1 Å². The molecular formula is C41H47BN6O5. The molecule has 4 heterocycles. The van der Waals surface area contributed by atoms with Crippen molar-refractivity contribution in [1.29, 1.82) is 0 Å². The summed E-state index contributed by atoms with van der Waals surface area (Å²) in [4.78, 5) is 38.9. The van der Waals surface area contributed by atoms with Gasteiger partial charge in [-0.1, -0.05) is 32.0 Å². The Labute approximate surface area is 310 Å². The first-order chi connectivity index (χ1) is 25.4. The highest BCUT2D eigenvalue weighted by molar-refractivity contribution is 6.62. The lowest BCUT2D eigenvalue weighted by atomic mass is 9.77. The standard InChI is InChI=1S/C23H21N5O2.C16H20BNO3.C2H6/c24-21-20(14-3-8-17-18(11-14)23(9-10-23)27-22(17)29)26-19(12-25-21)13-1-6-16(7-2-13)30-28-15-4-5-15;1-14(2)15(3,4)21-17(20-14)10-5-6-11-12(9-10)16(7-8-16)18-13(11)19;1-2/h1-3,6-8,11-12,15,28H,4-5,9-10H2,(H2,24,25)(H,27,29);5-6,9H,7-8H2,1-4H3,(H,18,19);1-2H3. The van der Waals surface area contributed by atoms with E-state index in [9.17, 15) is 9.59 Å². The molecule has 11 nitrogen and oxygen atoms in total. The number of benzene rings is 3. The SMILES string of the molecule is CC.CC1(C)OB(c2ccc3c(c2)C2(CC2)NC3=O)OC1(C)C.Nc1ncc(-c2ccc(ONC3CC3)cc2)nc1-c1ccc2c(c1)C1(CC1)NC2=O. The Kier molecular flexibility index (Phi) is 8.43. The first-order valence-corrected chi connectivity index (χ1v) is 18.8. The van der Waals surface area contributed by atoms with Gasteiger partial charge in [0.05, 0.1) is 34.2 Å². The van der Waals surface area contributed by atoms with E-state index in [4.69, 9.17) is 24.9 Å². The van der Waals surface area contributed by atoms with Gasteiger partial charge in [-0.25, -0.2) is 9.97 Å². The molecule has 53 heavy (non-hydrogen) atoms. The highest BCUT2D eigenvalue weighted by Gasteiger charge is 2.55. The van der Waals surface area contributed by atoms with Crippen LogP contribution in [0.3, 0.4) is 0 Å². The number of hydrogen-bond acceptors (Lipinski definition) is 9. The van der Waals surface area contributed by atoms with E-state index in [1.165, 1.54) is 0 Å². The molecule has 0 bridgehead atoms. The zero-order chi connectivity index (χ0) is 37.3. The molecular weight excluding hydrogens is 667 g/mol. The Balaban J connectivity index is 0.000000153. The van der Waals surface area contributed by atoms with Crippen molar-refractivity contribution in [1.82, 2.24) is 26.1 Å². The smallest absolute Gasteiger partial charge is 0.408 e. The van der Waals surface area contributed by atoms with E-state index >= 15 is 0 Å². The lowest BCUT2D eigenvalue weighted by Gasteiger charge is -2.32. The molecule has 4 aromatic rings. The van der Waals surface area contributed by atoms with Crippen LogP contribution in [0.2, 0.25) is 0 Å². The van der Waals surface area contributed by atoms with Crippen molar-refractivity contribution in [2.24, 2.45) is 0 Å². The third kappa shape index (κ3) is 6.36. The second-order valence-corrected chi connectivity index (χ2v) is 15.7. The summed E-state index contributed by atoms with van der Waals surface area (Å²) in [6.07, 6.45) is 8.00. The van der Waals surface area contributed by atoms with E-state index in [2.05, 4.69) is 27.2 Å². The van der Waals surface area contributed by atoms with Gasteiger partial charge in [-0.3, -0.25) is 9.59 Å². The Bertz CT molecular complexity index is 2090. The summed E-state index contributed by atoms with van der Waals surface area (Å²) in [5.41, 5.74) is 16.1. The second kappa shape index (κ2) is 12.7. The number of carbonyl (C=O) groups excluding carboxylic acids is 2. The maximum absolute atomic E-state index is 12.2. The van der Waals surface area contributed by atoms with Crippen LogP contribution in [-0.2, 0) is 20.4 Å². The average Bonchev–Trinajstić information content (AvgIpc) is 4.07. The summed E-state index contributed by atoms with van der Waals surface area (Å²) in [5.74, 6) is 1.18. The quantitative estimate of drug-likeness (QED) is 0.141. The number of fused-ring (bicyclic) bond motifs is 4. The van der Waals surface area contributed by atoms with Gasteiger partial charge >= 0.3 is 7.12 Å². The molecule has 12 heteroatoms. The summed E-state index contributed by atoms with van der Waals surface area (Å²) in [7, 11) is -0.369. The first-order valence-electron chi connectivity index (χ1n) is 18.8. The fraction of sp³-hybridized carbons (Fsp3) is 0.415. The predicted molar refractivity (Wildman–Crippen MR) is 204 cm³/mol. The van der Waals surface area contributed by atoms with Gasteiger partial charge < -0.3 is 30.5 Å². The van der Waals surface area contributed by atoms with Gasteiger partial charge in [0, 0.05) is 28.3 Å². The van der Waals surface area contributed by atoms with Crippen molar-refractivity contribution in [3.8, 4) is 28.3 Å². The second-order valence-electron chi connectivity index (χ2n) is 15.7. The van der Waals surface area contributed by atoms with E-state index < -0.39 is 0 Å². The summed E-state index contributed by atoms with van der Waals surface area (Å²) in [6, 6.07) is 19.9. The summed E-state index contributed by atoms with van der Waals surface area (Å²) < 4.78 is 12.2. The average molecular weight is 715 g/mol. The van der Waals surface area contributed by atoms with Crippen molar-refractivity contribution in [3.05, 3.63) is 89.1 Å². The van der Waals surface area contributed by atoms with Gasteiger partial charge in [-0.15, -0.1) is 0 Å². The van der Waals surface area contributed by atoms with E-state index in [1.54, 1.807) is 6.20 Å². The maximum atomic E-state index is 12.2. The van der Waals surface area contributed by atoms with Crippen LogP contribution < -0.4 is 32.1 Å². The van der Waals surface area contributed by atoms with Crippen LogP contribution in [0.1, 0.15) is 112 Å². The van der Waals surface area contributed by atoms with Crippen molar-refractivity contribution in [3.63, 3.8) is 0 Å². The molecule has 6 aliphatic rings. The first kappa shape index (κ1) is 35.3. The van der Waals surface area contributed by atoms with Crippen LogP contribution in [0.15, 0.2) is 66.9 Å². The van der Waals surface area contributed by atoms with E-state index in [0.29, 0.717) is 17.6 Å². The van der Waals surface area contributed by atoms with Crippen LogP contribution >= 0.6 is 0 Å². The molecule has 3 aliphatic heterocycles. The topological polar surface area (TPSA) is 150 Å². The molecule has 4 fully saturated rings. The molecule has 10 rings (SSSR count). The minimum absolute atomic E-state index is 0.000316. The highest BCUT2D eigenvalue weighted by Crippen LogP contribution is 2.52. The van der Waals surface area contributed by atoms with Gasteiger partial charge in [0.25, 0.3) is 11.8 Å². The number of aromatic nitrogens is 2. The van der Waals surface area contributed by atoms with Gasteiger partial charge in [-0.2, -0.15) is 5.48 Å². The molecule has 3 aromatic carbocycles. The number of amides is 2. The summed E-state index contributed by atoms with van der Waals surface area (Å²) >= 11 is 0. The minimum atomic E-state index is -0.369. The largest absolute Gasteiger partial charge is 0.494 e. The predicted octanol–water partition coefficient (Wildman–Crippen LogP) is 5.92. The molecule has 3 aliphatic carbocycles. The Morgan fingerprint density at radius 3 is 1.91 bits per heavy atom. The van der Waals surface area contributed by atoms with Gasteiger partial charge in [-0.05, 0) is 125 Å². The molecule has 5 N–H and O–H groups in total. The van der Waals surface area contributed by atoms with Gasteiger partial charge in [0.15, 0.2) is 0 Å².